The number of halogens is 1. The van der Waals surface area contributed by atoms with Gasteiger partial charge in [0.05, 0.1) is 0 Å². The second kappa shape index (κ2) is 9.54. The van der Waals surface area contributed by atoms with Crippen LogP contribution in [0.25, 0.3) is 11.1 Å². The molecule has 1 aromatic carbocycles. The van der Waals surface area contributed by atoms with Crippen LogP contribution in [0.15, 0.2) is 0 Å². The number of aromatic nitrogens is 1. The highest BCUT2D eigenvalue weighted by Crippen LogP contribution is 2.22. The van der Waals surface area contributed by atoms with Gasteiger partial charge in [0.15, 0.2) is 5.69 Å². The molecule has 0 unspecified atom stereocenters. The summed E-state index contributed by atoms with van der Waals surface area (Å²) in [7, 11) is 62.3. The zero-order valence-electron chi connectivity index (χ0n) is 16.3. The first-order valence-electron chi connectivity index (χ1n) is 8.19. The van der Waals surface area contributed by atoms with E-state index >= 15 is 0 Å². The first-order chi connectivity index (χ1) is 14.7. The van der Waals surface area contributed by atoms with Crippen molar-refractivity contribution >= 4 is 143 Å². The molecule has 0 aliphatic carbocycles. The van der Waals surface area contributed by atoms with Gasteiger partial charge < -0.3 is 14.1 Å². The van der Waals surface area contributed by atoms with E-state index in [1.54, 1.807) is 0 Å². The standard InChI is InChI=1S/C14B11ClN2O4/c15-3-1(4(16)8(26)7(19)6(3)18)2-5(17)10(31-24)9(27-11(2)20)12(29)28(23)14(21,22)13(30)32-25. The van der Waals surface area contributed by atoms with Gasteiger partial charge in [-0.05, 0) is 22.2 Å². The van der Waals surface area contributed by atoms with E-state index in [1.807, 2.05) is 0 Å². The number of amides is 1. The maximum atomic E-state index is 12.8. The number of benzene rings is 1. The van der Waals surface area contributed by atoms with Gasteiger partial charge in [-0.25, -0.2) is 0 Å². The fraction of sp³-hybridized carbons (Fsp3) is 0.0714. The molecular weight excluding hydrogens is 415 g/mol. The van der Waals surface area contributed by atoms with Crippen LogP contribution in [0.1, 0.15) is 10.5 Å². The monoisotopic (exact) mass is 416 g/mol. The van der Waals surface area contributed by atoms with Crippen LogP contribution in [0.4, 0.5) is 0 Å². The van der Waals surface area contributed by atoms with Crippen LogP contribution in [0, 0.1) is 0 Å². The van der Waals surface area contributed by atoms with Crippen molar-refractivity contribution in [2.45, 2.75) is 5.34 Å². The Bertz CT molecular complexity index is 1100. The molecule has 0 atom stereocenters. The maximum Gasteiger partial charge on any atom is 0.378 e. The van der Waals surface area contributed by atoms with Crippen LogP contribution in [0.3, 0.4) is 0 Å². The molecule has 1 heterocycles. The van der Waals surface area contributed by atoms with E-state index in [0.717, 1.165) is 0 Å². The van der Waals surface area contributed by atoms with Crippen LogP contribution >= 0.6 is 11.6 Å². The molecule has 2 aromatic rings. The summed E-state index contributed by atoms with van der Waals surface area (Å²) in [5, 5.41) is -2.85. The molecule has 0 bridgehead atoms. The third kappa shape index (κ3) is 4.20. The predicted octanol–water partition coefficient (Wildman–Crippen LogP) is -7.23. The van der Waals surface area contributed by atoms with Gasteiger partial charge in [-0.1, -0.05) is 28.0 Å². The Morgan fingerprint density at radius 2 is 1.44 bits per heavy atom. The lowest BCUT2D eigenvalue weighted by molar-refractivity contribution is -0.136. The Kier molecular flexibility index (Phi) is 7.86. The van der Waals surface area contributed by atoms with E-state index < -0.39 is 34.3 Å². The van der Waals surface area contributed by atoms with Gasteiger partial charge in [-0.2, -0.15) is 0 Å². The van der Waals surface area contributed by atoms with Crippen molar-refractivity contribution in [2.24, 2.45) is 0 Å². The summed E-state index contributed by atoms with van der Waals surface area (Å²) in [4.78, 5) is 28.4. The first kappa shape index (κ1) is 26.4. The topological polar surface area (TPSA) is 68.7 Å². The van der Waals surface area contributed by atoms with E-state index in [9.17, 15) is 9.59 Å². The molecule has 0 fully saturated rings. The summed E-state index contributed by atoms with van der Waals surface area (Å²) >= 11 is 6.10. The molecule has 0 saturated carbocycles. The Balaban J connectivity index is 2.80. The van der Waals surface area contributed by atoms with E-state index in [1.165, 1.54) is 0 Å². The number of carbonyl (C=O) groups is 2. The second-order valence-electron chi connectivity index (χ2n) is 6.33. The SMILES string of the molecule is [B]OC(=O)C([B])([B])N([B])C(=O)c1nc([B])c(-c2c([B])c([B])c([B])c(Cl)c2[B])c([B])c1O[B]. The van der Waals surface area contributed by atoms with Crippen molar-refractivity contribution < 1.29 is 18.9 Å². The minimum atomic E-state index is -2.71. The molecule has 18 heteroatoms. The molecule has 32 heavy (non-hydrogen) atoms. The number of nitrogens with zero attached hydrogens (tertiary/aromatic N) is 2. The van der Waals surface area contributed by atoms with Crippen molar-refractivity contribution in [2.75, 3.05) is 0 Å². The number of hydrogen-bond acceptors (Lipinski definition) is 5. The van der Waals surface area contributed by atoms with Gasteiger partial charge in [-0.15, -0.1) is 5.46 Å². The Morgan fingerprint density at radius 3 is 1.94 bits per heavy atom. The van der Waals surface area contributed by atoms with Crippen LogP contribution < -0.4 is 37.6 Å². The number of pyridine rings is 1. The fourth-order valence-electron chi connectivity index (χ4n) is 2.68. The van der Waals surface area contributed by atoms with E-state index in [0.29, 0.717) is 0 Å². The summed E-state index contributed by atoms with van der Waals surface area (Å²) in [5.74, 6) is -3.33. The molecule has 0 spiro atoms. The molecule has 2 rings (SSSR count). The average Bonchev–Trinajstić information content (AvgIpc) is 2.76. The predicted molar refractivity (Wildman–Crippen MR) is 131 cm³/mol. The lowest BCUT2D eigenvalue weighted by atomic mass is 9.59. The molecule has 6 nitrogen and oxygen atoms in total. The van der Waals surface area contributed by atoms with E-state index in [2.05, 4.69) is 14.3 Å². The largest absolute Gasteiger partial charge is 0.567 e. The Hall–Kier alpha value is -1.89. The first-order valence-corrected chi connectivity index (χ1v) is 8.57. The van der Waals surface area contributed by atoms with Crippen LogP contribution in [0.5, 0.6) is 5.75 Å². The smallest absolute Gasteiger partial charge is 0.378 e. The second-order valence-corrected chi connectivity index (χ2v) is 6.71. The minimum Gasteiger partial charge on any atom is -0.567 e. The van der Waals surface area contributed by atoms with Gasteiger partial charge >= 0.3 is 16.1 Å². The summed E-state index contributed by atoms with van der Waals surface area (Å²) in [6, 6.07) is 0. The Labute approximate surface area is 204 Å². The van der Waals surface area contributed by atoms with Crippen molar-refractivity contribution in [3.63, 3.8) is 0 Å². The molecule has 0 N–H and O–H groups in total. The van der Waals surface area contributed by atoms with Gasteiger partial charge in [0.1, 0.15) is 68.5 Å². The number of rotatable bonds is 5. The molecule has 0 saturated heterocycles. The van der Waals surface area contributed by atoms with Crippen molar-refractivity contribution in [3.8, 4) is 16.9 Å². The number of hydrogen-bond donors (Lipinski definition) is 0. The molecular formula is C14B11ClN2O4. The van der Waals surface area contributed by atoms with Gasteiger partial charge in [-0.3, -0.25) is 14.6 Å². The lowest BCUT2D eigenvalue weighted by Gasteiger charge is -2.35. The molecule has 1 aromatic heterocycles. The van der Waals surface area contributed by atoms with Crippen LogP contribution in [-0.4, -0.2) is 114 Å². The molecule has 1 amide bonds. The maximum absolute atomic E-state index is 12.8. The van der Waals surface area contributed by atoms with E-state index in [4.69, 9.17) is 98.5 Å². The molecule has 0 aliphatic rings. The van der Waals surface area contributed by atoms with Crippen molar-refractivity contribution in [1.29, 1.82) is 0 Å². The summed E-state index contributed by atoms with van der Waals surface area (Å²) in [5.41, 5.74) is -2.15. The summed E-state index contributed by atoms with van der Waals surface area (Å²) in [6.45, 7) is 0. The summed E-state index contributed by atoms with van der Waals surface area (Å²) < 4.78 is 8.60. The zero-order chi connectivity index (χ0) is 24.7. The van der Waals surface area contributed by atoms with Crippen LogP contribution in [0.2, 0.25) is 5.02 Å². The van der Waals surface area contributed by atoms with Crippen LogP contribution in [-0.2, 0) is 9.45 Å². The van der Waals surface area contributed by atoms with Gasteiger partial charge in [0.25, 0.3) is 11.9 Å². The highest BCUT2D eigenvalue weighted by atomic mass is 35.5. The highest BCUT2D eigenvalue weighted by molar-refractivity contribution is 6.67. The Morgan fingerprint density at radius 1 is 0.875 bits per heavy atom. The van der Waals surface area contributed by atoms with Gasteiger partial charge in [0, 0.05) is 10.4 Å². The highest BCUT2D eigenvalue weighted by Gasteiger charge is 2.36. The van der Waals surface area contributed by atoms with Crippen molar-refractivity contribution in [3.05, 3.63) is 10.7 Å². The van der Waals surface area contributed by atoms with E-state index in [-0.39, 0.29) is 48.3 Å². The lowest BCUT2D eigenvalue weighted by Crippen LogP contribution is -2.58. The summed E-state index contributed by atoms with van der Waals surface area (Å²) in [6.07, 6.45) is 0. The molecule has 22 radical (unpaired) electrons. The minimum absolute atomic E-state index is 0.0480. The quantitative estimate of drug-likeness (QED) is 0.455. The third-order valence-electron chi connectivity index (χ3n) is 4.43. The zero-order valence-corrected chi connectivity index (χ0v) is 17.0. The molecule has 130 valence electrons. The van der Waals surface area contributed by atoms with Crippen molar-refractivity contribution in [1.82, 2.24) is 9.79 Å². The normalized spacial score (nSPS) is 11.0. The average molecular weight is 415 g/mol. The van der Waals surface area contributed by atoms with Gasteiger partial charge in [0.2, 0.25) is 7.98 Å². The fourth-order valence-corrected chi connectivity index (χ4v) is 2.87. The molecule has 0 aliphatic heterocycles. The third-order valence-corrected chi connectivity index (χ3v) is 4.84. The number of carbonyl (C=O) groups excluding carboxylic acids is 2.